The van der Waals surface area contributed by atoms with E-state index in [1.165, 1.54) is 12.3 Å². The maximum absolute atomic E-state index is 13.7. The molecule has 0 aliphatic rings. The standard InChI is InChI=1S/C13H12ClFN2/c1-8-2-4-11(15)10(6-8)13(16)12-5-3-9(14)7-17-12/h2-7,13H,16H2,1H3. The largest absolute Gasteiger partial charge is 0.319 e. The number of aromatic nitrogens is 1. The summed E-state index contributed by atoms with van der Waals surface area (Å²) in [4.78, 5) is 4.10. The van der Waals surface area contributed by atoms with Crippen LogP contribution in [0.1, 0.15) is 22.9 Å². The van der Waals surface area contributed by atoms with Gasteiger partial charge >= 0.3 is 0 Å². The van der Waals surface area contributed by atoms with Crippen LogP contribution in [0.5, 0.6) is 0 Å². The molecule has 1 aromatic carbocycles. The van der Waals surface area contributed by atoms with Crippen LogP contribution in [0, 0.1) is 12.7 Å². The van der Waals surface area contributed by atoms with E-state index in [1.807, 2.05) is 6.92 Å². The number of hydrogen-bond donors (Lipinski definition) is 1. The van der Waals surface area contributed by atoms with E-state index in [-0.39, 0.29) is 5.82 Å². The molecule has 0 aliphatic heterocycles. The summed E-state index contributed by atoms with van der Waals surface area (Å²) >= 11 is 5.74. The molecule has 2 aromatic rings. The Balaban J connectivity index is 2.39. The Bertz CT molecular complexity index is 525. The highest BCUT2D eigenvalue weighted by Gasteiger charge is 2.14. The fourth-order valence-electron chi connectivity index (χ4n) is 1.63. The van der Waals surface area contributed by atoms with Crippen molar-refractivity contribution >= 4 is 11.6 Å². The van der Waals surface area contributed by atoms with Gasteiger partial charge in [-0.1, -0.05) is 29.3 Å². The second-order valence-electron chi connectivity index (χ2n) is 3.90. The summed E-state index contributed by atoms with van der Waals surface area (Å²) in [6, 6.07) is 7.68. The first kappa shape index (κ1) is 12.0. The maximum atomic E-state index is 13.7. The Hall–Kier alpha value is -1.45. The lowest BCUT2D eigenvalue weighted by molar-refractivity contribution is 0.596. The molecule has 2 nitrogen and oxygen atoms in total. The van der Waals surface area contributed by atoms with Gasteiger partial charge in [0.2, 0.25) is 0 Å². The van der Waals surface area contributed by atoms with Gasteiger partial charge in [-0.2, -0.15) is 0 Å². The van der Waals surface area contributed by atoms with Crippen LogP contribution in [-0.4, -0.2) is 4.98 Å². The summed E-state index contributed by atoms with van der Waals surface area (Å²) in [7, 11) is 0. The van der Waals surface area contributed by atoms with Crippen LogP contribution < -0.4 is 5.73 Å². The summed E-state index contributed by atoms with van der Waals surface area (Å²) < 4.78 is 13.7. The molecular formula is C13H12ClFN2. The zero-order valence-corrected chi connectivity index (χ0v) is 10.1. The molecule has 0 aliphatic carbocycles. The van der Waals surface area contributed by atoms with Gasteiger partial charge < -0.3 is 5.73 Å². The van der Waals surface area contributed by atoms with Crippen LogP contribution in [-0.2, 0) is 0 Å². The molecule has 0 saturated heterocycles. The van der Waals surface area contributed by atoms with E-state index in [2.05, 4.69) is 4.98 Å². The Labute approximate surface area is 104 Å². The molecule has 0 spiro atoms. The zero-order valence-electron chi connectivity index (χ0n) is 9.32. The van der Waals surface area contributed by atoms with E-state index in [9.17, 15) is 4.39 Å². The minimum atomic E-state index is -0.577. The number of nitrogens with two attached hydrogens (primary N) is 1. The summed E-state index contributed by atoms with van der Waals surface area (Å²) in [5, 5.41) is 0.533. The maximum Gasteiger partial charge on any atom is 0.128 e. The van der Waals surface area contributed by atoms with Crippen molar-refractivity contribution in [2.45, 2.75) is 13.0 Å². The smallest absolute Gasteiger partial charge is 0.128 e. The summed E-state index contributed by atoms with van der Waals surface area (Å²) in [6.45, 7) is 1.89. The van der Waals surface area contributed by atoms with Crippen LogP contribution >= 0.6 is 11.6 Å². The van der Waals surface area contributed by atoms with Crippen molar-refractivity contribution < 1.29 is 4.39 Å². The molecule has 2 rings (SSSR count). The molecule has 1 atom stereocenters. The van der Waals surface area contributed by atoms with E-state index in [0.29, 0.717) is 16.3 Å². The quantitative estimate of drug-likeness (QED) is 0.889. The number of aryl methyl sites for hydroxylation is 1. The van der Waals surface area contributed by atoms with Crippen molar-refractivity contribution in [3.05, 3.63) is 64.2 Å². The van der Waals surface area contributed by atoms with Crippen LogP contribution in [0.25, 0.3) is 0 Å². The van der Waals surface area contributed by atoms with Crippen LogP contribution in [0.15, 0.2) is 36.5 Å². The van der Waals surface area contributed by atoms with E-state index in [1.54, 1.807) is 24.3 Å². The predicted molar refractivity (Wildman–Crippen MR) is 66.4 cm³/mol. The third-order valence-corrected chi connectivity index (χ3v) is 2.78. The van der Waals surface area contributed by atoms with Crippen molar-refractivity contribution in [1.29, 1.82) is 0 Å². The first-order valence-electron chi connectivity index (χ1n) is 5.21. The van der Waals surface area contributed by atoms with E-state index >= 15 is 0 Å². The molecule has 0 bridgehead atoms. The minimum Gasteiger partial charge on any atom is -0.319 e. The molecule has 1 heterocycles. The van der Waals surface area contributed by atoms with Crippen molar-refractivity contribution in [2.24, 2.45) is 5.73 Å². The van der Waals surface area contributed by atoms with Crippen molar-refractivity contribution in [3.8, 4) is 0 Å². The number of pyridine rings is 1. The molecule has 0 amide bonds. The van der Waals surface area contributed by atoms with Gasteiger partial charge in [0.25, 0.3) is 0 Å². The highest BCUT2D eigenvalue weighted by Crippen LogP contribution is 2.22. The Morgan fingerprint density at radius 3 is 2.71 bits per heavy atom. The second kappa shape index (κ2) is 4.82. The van der Waals surface area contributed by atoms with Crippen LogP contribution in [0.3, 0.4) is 0 Å². The Morgan fingerprint density at radius 1 is 1.29 bits per heavy atom. The van der Waals surface area contributed by atoms with Crippen molar-refractivity contribution in [3.63, 3.8) is 0 Å². The number of rotatable bonds is 2. The van der Waals surface area contributed by atoms with Crippen molar-refractivity contribution in [2.75, 3.05) is 0 Å². The highest BCUT2D eigenvalue weighted by molar-refractivity contribution is 6.30. The van der Waals surface area contributed by atoms with Gasteiger partial charge in [-0.25, -0.2) is 4.39 Å². The van der Waals surface area contributed by atoms with Gasteiger partial charge in [0.1, 0.15) is 5.82 Å². The average molecular weight is 251 g/mol. The fourth-order valence-corrected chi connectivity index (χ4v) is 1.74. The number of hydrogen-bond acceptors (Lipinski definition) is 2. The van der Waals surface area contributed by atoms with E-state index in [0.717, 1.165) is 5.56 Å². The topological polar surface area (TPSA) is 38.9 Å². The lowest BCUT2D eigenvalue weighted by Gasteiger charge is -2.13. The molecule has 88 valence electrons. The van der Waals surface area contributed by atoms with Gasteiger partial charge in [-0.15, -0.1) is 0 Å². The molecular weight excluding hydrogens is 239 g/mol. The number of halogens is 2. The lowest BCUT2D eigenvalue weighted by atomic mass is 10.0. The molecule has 4 heteroatoms. The predicted octanol–water partition coefficient (Wildman–Crippen LogP) is 3.23. The molecule has 2 N–H and O–H groups in total. The third kappa shape index (κ3) is 2.62. The van der Waals surface area contributed by atoms with E-state index in [4.69, 9.17) is 17.3 Å². The van der Waals surface area contributed by atoms with Gasteiger partial charge in [0.05, 0.1) is 16.8 Å². The fraction of sp³-hybridized carbons (Fsp3) is 0.154. The molecule has 1 aromatic heterocycles. The molecule has 17 heavy (non-hydrogen) atoms. The Kier molecular flexibility index (Phi) is 3.41. The number of nitrogens with zero attached hydrogens (tertiary/aromatic N) is 1. The third-order valence-electron chi connectivity index (χ3n) is 2.56. The van der Waals surface area contributed by atoms with Gasteiger partial charge in [0.15, 0.2) is 0 Å². The van der Waals surface area contributed by atoms with Gasteiger partial charge in [0, 0.05) is 11.8 Å². The molecule has 0 radical (unpaired) electrons. The average Bonchev–Trinajstić information content (AvgIpc) is 2.32. The van der Waals surface area contributed by atoms with Crippen LogP contribution in [0.4, 0.5) is 4.39 Å². The summed E-state index contributed by atoms with van der Waals surface area (Å²) in [5.74, 6) is -0.320. The highest BCUT2D eigenvalue weighted by atomic mass is 35.5. The number of benzene rings is 1. The zero-order chi connectivity index (χ0) is 12.4. The first-order chi connectivity index (χ1) is 8.08. The van der Waals surface area contributed by atoms with E-state index < -0.39 is 6.04 Å². The van der Waals surface area contributed by atoms with Gasteiger partial charge in [-0.05, 0) is 25.1 Å². The summed E-state index contributed by atoms with van der Waals surface area (Å²) in [5.41, 5.74) is 7.99. The molecule has 1 unspecified atom stereocenters. The first-order valence-corrected chi connectivity index (χ1v) is 5.59. The second-order valence-corrected chi connectivity index (χ2v) is 4.34. The summed E-state index contributed by atoms with van der Waals surface area (Å²) in [6.07, 6.45) is 1.50. The SMILES string of the molecule is Cc1ccc(F)c(C(N)c2ccc(Cl)cn2)c1. The normalized spacial score (nSPS) is 12.5. The molecule has 0 fully saturated rings. The monoisotopic (exact) mass is 250 g/mol. The minimum absolute atomic E-state index is 0.320. The molecule has 0 saturated carbocycles. The van der Waals surface area contributed by atoms with Gasteiger partial charge in [-0.3, -0.25) is 4.98 Å². The van der Waals surface area contributed by atoms with Crippen LogP contribution in [0.2, 0.25) is 5.02 Å². The lowest BCUT2D eigenvalue weighted by Crippen LogP contribution is -2.15. The Morgan fingerprint density at radius 2 is 2.06 bits per heavy atom. The van der Waals surface area contributed by atoms with Crippen molar-refractivity contribution in [1.82, 2.24) is 4.98 Å².